The lowest BCUT2D eigenvalue weighted by atomic mass is 10.1. The highest BCUT2D eigenvalue weighted by molar-refractivity contribution is 7.99. The zero-order valence-electron chi connectivity index (χ0n) is 17.2. The molecular formula is C21H16F3N7O2S. The third-order valence-electron chi connectivity index (χ3n) is 4.80. The van der Waals surface area contributed by atoms with Crippen molar-refractivity contribution in [1.29, 1.82) is 0 Å². The number of rotatable bonds is 6. The first-order valence-corrected chi connectivity index (χ1v) is 10.4. The third-order valence-corrected chi connectivity index (χ3v) is 5.78. The molecule has 0 spiro atoms. The van der Waals surface area contributed by atoms with Crippen molar-refractivity contribution in [1.82, 2.24) is 20.3 Å². The number of nitrogens with one attached hydrogen (secondary N) is 2. The van der Waals surface area contributed by atoms with Gasteiger partial charge in [-0.1, -0.05) is 11.8 Å². The van der Waals surface area contributed by atoms with Crippen LogP contribution in [0.15, 0.2) is 46.6 Å². The number of hydrogen-bond donors (Lipinski definition) is 5. The van der Waals surface area contributed by atoms with Gasteiger partial charge in [-0.25, -0.2) is 23.1 Å². The summed E-state index contributed by atoms with van der Waals surface area (Å²) in [5.41, 5.74) is 17.0. The number of aromatic amines is 1. The number of nitrogens with zero attached hydrogens (tertiary/aromatic N) is 2. The average Bonchev–Trinajstić information content (AvgIpc) is 3.23. The van der Waals surface area contributed by atoms with Crippen LogP contribution in [0.25, 0.3) is 10.9 Å². The highest BCUT2D eigenvalue weighted by Crippen LogP contribution is 2.31. The number of anilines is 2. The second-order valence-corrected chi connectivity index (χ2v) is 8.13. The Balaban J connectivity index is 1.56. The van der Waals surface area contributed by atoms with Crippen LogP contribution >= 0.6 is 11.8 Å². The minimum atomic E-state index is -1.33. The molecule has 0 unspecified atom stereocenters. The quantitative estimate of drug-likeness (QED) is 0.206. The SMILES string of the molecule is NC(=O)c1cc(N)ccc1Sc1cnc(N)c(C(=O)NCc2c[nH]c3c(F)c(F)cc(F)c23)n1. The summed E-state index contributed by atoms with van der Waals surface area (Å²) in [7, 11) is 0. The molecule has 2 aromatic heterocycles. The number of nitrogens with two attached hydrogens (primary N) is 3. The predicted molar refractivity (Wildman–Crippen MR) is 119 cm³/mol. The molecule has 0 fully saturated rings. The van der Waals surface area contributed by atoms with Gasteiger partial charge in [0.2, 0.25) is 5.91 Å². The first-order chi connectivity index (χ1) is 16.2. The Morgan fingerprint density at radius 2 is 1.88 bits per heavy atom. The summed E-state index contributed by atoms with van der Waals surface area (Å²) in [4.78, 5) is 35.4. The normalized spacial score (nSPS) is 11.0. The second kappa shape index (κ2) is 8.94. The van der Waals surface area contributed by atoms with E-state index in [1.165, 1.54) is 18.5 Å². The number of halogens is 3. The zero-order valence-corrected chi connectivity index (χ0v) is 18.0. The number of nitrogen functional groups attached to an aromatic ring is 2. The molecule has 0 saturated heterocycles. The molecule has 0 saturated carbocycles. The van der Waals surface area contributed by atoms with E-state index in [4.69, 9.17) is 17.2 Å². The van der Waals surface area contributed by atoms with Crippen LogP contribution in [0.2, 0.25) is 0 Å². The van der Waals surface area contributed by atoms with E-state index in [1.807, 2.05) is 0 Å². The Kier molecular flexibility index (Phi) is 6.03. The van der Waals surface area contributed by atoms with Crippen LogP contribution in [-0.2, 0) is 6.54 Å². The highest BCUT2D eigenvalue weighted by Gasteiger charge is 2.20. The first-order valence-electron chi connectivity index (χ1n) is 9.57. The highest BCUT2D eigenvalue weighted by atomic mass is 32.2. The largest absolute Gasteiger partial charge is 0.399 e. The summed E-state index contributed by atoms with van der Waals surface area (Å²) in [5.74, 6) is -5.15. The summed E-state index contributed by atoms with van der Waals surface area (Å²) in [6, 6.07) is 4.99. The lowest BCUT2D eigenvalue weighted by Crippen LogP contribution is -2.25. The van der Waals surface area contributed by atoms with E-state index >= 15 is 0 Å². The van der Waals surface area contributed by atoms with Crippen LogP contribution in [0.5, 0.6) is 0 Å². The van der Waals surface area contributed by atoms with Gasteiger partial charge >= 0.3 is 0 Å². The van der Waals surface area contributed by atoms with E-state index in [0.29, 0.717) is 16.6 Å². The van der Waals surface area contributed by atoms with Gasteiger partial charge in [0.1, 0.15) is 10.8 Å². The molecule has 34 heavy (non-hydrogen) atoms. The number of amides is 2. The molecule has 9 nitrogen and oxygen atoms in total. The van der Waals surface area contributed by atoms with Crippen molar-refractivity contribution >= 4 is 46.0 Å². The standard InChI is InChI=1S/C21H16F3N7O2S/c22-11-4-12(23)16(24)17-15(11)8(5-28-17)6-30-21(33)18-19(26)29-7-14(31-18)34-13-2-1-9(25)3-10(13)20(27)32/h1-5,7,28H,6,25H2,(H2,26,29)(H2,27,32)(H,30,33). The van der Waals surface area contributed by atoms with Crippen molar-refractivity contribution in [3.8, 4) is 0 Å². The number of carbonyl (C=O) groups is 2. The average molecular weight is 487 g/mol. The van der Waals surface area contributed by atoms with E-state index < -0.39 is 29.3 Å². The Bertz CT molecular complexity index is 1460. The smallest absolute Gasteiger partial charge is 0.274 e. The molecule has 0 aliphatic heterocycles. The number of benzene rings is 2. The number of H-pyrrole nitrogens is 1. The van der Waals surface area contributed by atoms with Crippen molar-refractivity contribution in [2.45, 2.75) is 16.5 Å². The molecule has 2 amide bonds. The van der Waals surface area contributed by atoms with Crippen molar-refractivity contribution in [3.63, 3.8) is 0 Å². The Hall–Kier alpha value is -4.26. The molecule has 2 heterocycles. The van der Waals surface area contributed by atoms with Crippen LogP contribution < -0.4 is 22.5 Å². The van der Waals surface area contributed by atoms with Gasteiger partial charge in [0.25, 0.3) is 5.91 Å². The number of primary amides is 1. The maximum absolute atomic E-state index is 14.2. The fourth-order valence-electron chi connectivity index (χ4n) is 3.22. The number of carbonyl (C=O) groups excluding carboxylic acids is 2. The maximum Gasteiger partial charge on any atom is 0.274 e. The molecule has 4 aromatic rings. The minimum absolute atomic E-state index is 0.166. The van der Waals surface area contributed by atoms with Gasteiger partial charge in [0.15, 0.2) is 23.1 Å². The Morgan fingerprint density at radius 3 is 2.62 bits per heavy atom. The maximum atomic E-state index is 14.2. The van der Waals surface area contributed by atoms with Crippen molar-refractivity contribution in [3.05, 3.63) is 70.9 Å². The van der Waals surface area contributed by atoms with Crippen molar-refractivity contribution < 1.29 is 22.8 Å². The van der Waals surface area contributed by atoms with E-state index in [9.17, 15) is 22.8 Å². The summed E-state index contributed by atoms with van der Waals surface area (Å²) in [5, 5.41) is 2.55. The summed E-state index contributed by atoms with van der Waals surface area (Å²) in [6.45, 7) is -0.233. The van der Waals surface area contributed by atoms with Crippen molar-refractivity contribution in [2.24, 2.45) is 5.73 Å². The van der Waals surface area contributed by atoms with Gasteiger partial charge in [0, 0.05) is 34.8 Å². The van der Waals surface area contributed by atoms with E-state index in [0.717, 1.165) is 11.8 Å². The van der Waals surface area contributed by atoms with E-state index in [-0.39, 0.29) is 45.1 Å². The number of aromatic nitrogens is 3. The van der Waals surface area contributed by atoms with Crippen molar-refractivity contribution in [2.75, 3.05) is 11.5 Å². The second-order valence-electron chi connectivity index (χ2n) is 7.06. The fourth-order valence-corrected chi connectivity index (χ4v) is 4.09. The van der Waals surface area contributed by atoms with Crippen LogP contribution in [0.3, 0.4) is 0 Å². The predicted octanol–water partition coefficient (Wildman–Crippen LogP) is 2.72. The Labute approximate surface area is 193 Å². The van der Waals surface area contributed by atoms with E-state index in [2.05, 4.69) is 20.3 Å². The summed E-state index contributed by atoms with van der Waals surface area (Å²) >= 11 is 1.02. The fraction of sp³-hybridized carbons (Fsp3) is 0.0476. The van der Waals surface area contributed by atoms with Gasteiger partial charge in [-0.05, 0) is 23.8 Å². The molecule has 13 heteroatoms. The van der Waals surface area contributed by atoms with Crippen LogP contribution in [-0.4, -0.2) is 26.8 Å². The third kappa shape index (κ3) is 4.32. The Morgan fingerprint density at radius 1 is 1.12 bits per heavy atom. The minimum Gasteiger partial charge on any atom is -0.399 e. The van der Waals surface area contributed by atoms with Gasteiger partial charge in [-0.15, -0.1) is 0 Å². The molecular weight excluding hydrogens is 471 g/mol. The van der Waals surface area contributed by atoms with Crippen LogP contribution in [0, 0.1) is 17.5 Å². The summed E-state index contributed by atoms with van der Waals surface area (Å²) in [6.07, 6.45) is 2.56. The van der Waals surface area contributed by atoms with Crippen LogP contribution in [0.1, 0.15) is 26.4 Å². The lowest BCUT2D eigenvalue weighted by molar-refractivity contribution is 0.0944. The molecule has 174 valence electrons. The molecule has 8 N–H and O–H groups in total. The lowest BCUT2D eigenvalue weighted by Gasteiger charge is -2.10. The molecule has 4 rings (SSSR count). The molecule has 0 atom stereocenters. The van der Waals surface area contributed by atoms with Crippen LogP contribution in [0.4, 0.5) is 24.7 Å². The number of hydrogen-bond acceptors (Lipinski definition) is 7. The molecule has 0 aliphatic rings. The molecule has 0 bridgehead atoms. The van der Waals surface area contributed by atoms with Gasteiger partial charge in [0.05, 0.1) is 17.3 Å². The van der Waals surface area contributed by atoms with E-state index in [1.54, 1.807) is 12.1 Å². The summed E-state index contributed by atoms with van der Waals surface area (Å²) < 4.78 is 41.5. The molecule has 0 aliphatic carbocycles. The molecule has 2 aromatic carbocycles. The zero-order chi connectivity index (χ0) is 24.6. The first kappa shape index (κ1) is 22.9. The topological polar surface area (TPSA) is 166 Å². The molecule has 0 radical (unpaired) electrons. The van der Waals surface area contributed by atoms with Gasteiger partial charge in [-0.3, -0.25) is 9.59 Å². The number of fused-ring (bicyclic) bond motifs is 1. The van der Waals surface area contributed by atoms with Gasteiger partial charge < -0.3 is 27.5 Å². The van der Waals surface area contributed by atoms with Gasteiger partial charge in [-0.2, -0.15) is 0 Å². The monoisotopic (exact) mass is 487 g/mol.